The highest BCUT2D eigenvalue weighted by Crippen LogP contribution is 2.33. The van der Waals surface area contributed by atoms with E-state index in [-0.39, 0.29) is 85.7 Å². The van der Waals surface area contributed by atoms with Crippen LogP contribution in [0.3, 0.4) is 0 Å². The van der Waals surface area contributed by atoms with Crippen LogP contribution in [0, 0.1) is 5.92 Å². The summed E-state index contributed by atoms with van der Waals surface area (Å²) < 4.78 is 58.7. The van der Waals surface area contributed by atoms with Gasteiger partial charge in [0.2, 0.25) is 17.8 Å². The van der Waals surface area contributed by atoms with Crippen LogP contribution < -0.4 is 31.7 Å². The largest absolute Gasteiger partial charge is 0.471 e. The minimum absolute atomic E-state index is 0.0812. The van der Waals surface area contributed by atoms with Crippen LogP contribution >= 0.6 is 0 Å². The van der Waals surface area contributed by atoms with Gasteiger partial charge in [0.1, 0.15) is 6.61 Å². The zero-order valence-corrected chi connectivity index (χ0v) is 35.7. The first-order valence-electron chi connectivity index (χ1n) is 20.9. The number of carbonyl (C=O) groups is 5. The number of amides is 5. The smallest absolute Gasteiger partial charge is 0.445 e. The first-order valence-corrected chi connectivity index (χ1v) is 20.9. The molecule has 2 aromatic heterocycles. The number of nitrogens with one attached hydrogen (secondary N) is 5. The molecule has 344 valence electrons. The van der Waals surface area contributed by atoms with Gasteiger partial charge in [-0.25, -0.2) is 14.8 Å². The number of aromatic nitrogens is 4. The van der Waals surface area contributed by atoms with E-state index in [9.17, 15) is 41.9 Å². The monoisotopic (exact) mass is 895 g/mol. The minimum Gasteiger partial charge on any atom is -0.445 e. The number of carbonyl (C=O) groups excluding carboxylic acids is 5. The third-order valence-corrected chi connectivity index (χ3v) is 10.0. The number of alkyl carbamates (subject to hydrolysis) is 1. The fourth-order valence-corrected chi connectivity index (χ4v) is 6.57. The first kappa shape index (κ1) is 48.6. The molecule has 21 heteroatoms. The van der Waals surface area contributed by atoms with Crippen LogP contribution in [0.25, 0.3) is 11.2 Å². The van der Waals surface area contributed by atoms with Crippen LogP contribution in [0.1, 0.15) is 87.3 Å². The molecule has 1 fully saturated rings. The Morgan fingerprint density at radius 3 is 2.22 bits per heavy atom. The Hall–Kier alpha value is -6.48. The summed E-state index contributed by atoms with van der Waals surface area (Å²) in [6.07, 6.45) is -0.200. The van der Waals surface area contributed by atoms with E-state index in [4.69, 9.17) is 14.2 Å². The third kappa shape index (κ3) is 14.5. The van der Waals surface area contributed by atoms with Crippen molar-refractivity contribution < 1.29 is 51.4 Å². The molecule has 18 nitrogen and oxygen atoms in total. The van der Waals surface area contributed by atoms with Gasteiger partial charge >= 0.3 is 18.2 Å². The van der Waals surface area contributed by atoms with E-state index in [1.807, 2.05) is 30.3 Å². The molecule has 1 saturated carbocycles. The van der Waals surface area contributed by atoms with E-state index < -0.39 is 59.8 Å². The van der Waals surface area contributed by atoms with Crippen molar-refractivity contribution in [3.63, 3.8) is 0 Å². The lowest BCUT2D eigenvalue weighted by Gasteiger charge is -2.37. The molecule has 1 atom stereocenters. The van der Waals surface area contributed by atoms with Crippen molar-refractivity contribution in [2.24, 2.45) is 5.92 Å². The van der Waals surface area contributed by atoms with Crippen LogP contribution in [0.4, 0.5) is 29.6 Å². The molecule has 5 N–H and O–H groups in total. The van der Waals surface area contributed by atoms with Gasteiger partial charge in [-0.3, -0.25) is 39.2 Å². The Morgan fingerprint density at radius 1 is 0.891 bits per heavy atom. The van der Waals surface area contributed by atoms with Crippen LogP contribution in [-0.4, -0.2) is 94.0 Å². The number of nitrogens with zero attached hydrogens (tertiary/aromatic N) is 4. The zero-order chi connectivity index (χ0) is 46.3. The second-order valence-corrected chi connectivity index (χ2v) is 15.4. The van der Waals surface area contributed by atoms with Crippen LogP contribution in [0.5, 0.6) is 0 Å². The number of hydrogen-bond donors (Lipinski definition) is 5. The van der Waals surface area contributed by atoms with Gasteiger partial charge in [-0.1, -0.05) is 50.6 Å². The molecule has 5 rings (SSSR count). The number of ether oxygens (including phenoxy) is 3. The molecule has 0 saturated heterocycles. The number of anilines is 2. The molecule has 1 aliphatic carbocycles. The number of H-pyrrole nitrogens is 1. The Kier molecular flexibility index (Phi) is 17.3. The van der Waals surface area contributed by atoms with Crippen molar-refractivity contribution in [1.29, 1.82) is 0 Å². The average molecular weight is 896 g/mol. The van der Waals surface area contributed by atoms with Gasteiger partial charge in [-0.2, -0.15) is 18.2 Å². The summed E-state index contributed by atoms with van der Waals surface area (Å²) in [6, 6.07) is 13.7. The summed E-state index contributed by atoms with van der Waals surface area (Å²) >= 11 is 0. The Morgan fingerprint density at radius 2 is 1.56 bits per heavy atom. The number of halogens is 3. The van der Waals surface area contributed by atoms with Crippen LogP contribution in [0.15, 0.2) is 65.6 Å². The van der Waals surface area contributed by atoms with Gasteiger partial charge in [0.25, 0.3) is 11.5 Å². The van der Waals surface area contributed by atoms with Gasteiger partial charge in [-0.05, 0) is 56.0 Å². The van der Waals surface area contributed by atoms with Gasteiger partial charge in [0.05, 0.1) is 31.6 Å². The summed E-state index contributed by atoms with van der Waals surface area (Å²) in [6.45, 7) is 5.23. The predicted molar refractivity (Wildman–Crippen MR) is 227 cm³/mol. The average Bonchev–Trinajstić information content (AvgIpc) is 3.27. The topological polar surface area (TPSA) is 236 Å². The number of rotatable bonds is 20. The highest BCUT2D eigenvalue weighted by molar-refractivity contribution is 5.99. The van der Waals surface area contributed by atoms with Gasteiger partial charge < -0.3 is 30.2 Å². The van der Waals surface area contributed by atoms with Crippen molar-refractivity contribution in [3.8, 4) is 0 Å². The van der Waals surface area contributed by atoms with Gasteiger partial charge in [-0.15, -0.1) is 0 Å². The number of fused-ring (bicyclic) bond motifs is 1. The molecule has 1 aliphatic rings. The van der Waals surface area contributed by atoms with E-state index >= 15 is 0 Å². The number of alkyl halides is 3. The van der Waals surface area contributed by atoms with Gasteiger partial charge in [0.15, 0.2) is 17.0 Å². The standard InChI is InChI=1S/C43H52F3N9O9/c1-27(2)36(57)53-40-52-35-34(38(59)54-40)51-31(24-49-35)25-55(39(60)43(44,45)46)32-15-13-30(14-16-32)37(58)50-28(3)12-17-33(56)47-20-22-63-42(18-8-5-9-19-42)64-23-21-48-41(61)62-26-29-10-6-4-7-11-29/h4,6-7,10-11,13-16,24,27-28H,5,8-9,12,17-23,25-26H2,1-3H3,(H,47,56)(H,48,61)(H,50,58)(H2,49,52,53,54,57,59)/t28-/m1/s1. The fourth-order valence-electron chi connectivity index (χ4n) is 6.57. The lowest BCUT2D eigenvalue weighted by molar-refractivity contribution is -0.250. The molecule has 4 aromatic rings. The lowest BCUT2D eigenvalue weighted by Crippen LogP contribution is -2.42. The van der Waals surface area contributed by atoms with Crippen molar-refractivity contribution in [1.82, 2.24) is 35.9 Å². The normalized spacial score (nSPS) is 14.0. The molecule has 2 heterocycles. The van der Waals surface area contributed by atoms with Gasteiger partial charge in [0, 0.05) is 55.6 Å². The second-order valence-electron chi connectivity index (χ2n) is 15.4. The summed E-state index contributed by atoms with van der Waals surface area (Å²) in [4.78, 5) is 89.9. The van der Waals surface area contributed by atoms with E-state index in [1.165, 1.54) is 12.1 Å². The summed E-state index contributed by atoms with van der Waals surface area (Å²) in [5, 5.41) is 10.7. The summed E-state index contributed by atoms with van der Waals surface area (Å²) in [7, 11) is 0. The molecule has 2 aromatic carbocycles. The Bertz CT molecular complexity index is 2290. The first-order chi connectivity index (χ1) is 30.5. The molecule has 0 unspecified atom stereocenters. The van der Waals surface area contributed by atoms with E-state index in [2.05, 4.69) is 41.2 Å². The SMILES string of the molecule is CC(C)C(=O)Nc1nc2ncc(CN(C(=O)C(F)(F)F)c3ccc(C(=O)N[C@H](C)CCC(=O)NCCOC4(OCCNC(=O)OCc5ccccc5)CCCCC4)cc3)nc2c(=O)[nH]1. The van der Waals surface area contributed by atoms with E-state index in [0.717, 1.165) is 43.2 Å². The summed E-state index contributed by atoms with van der Waals surface area (Å²) in [5.41, 5.74) is -0.775. The molecular formula is C43H52F3N9O9. The Balaban J connectivity index is 1.06. The number of hydrogen-bond acceptors (Lipinski definition) is 12. The summed E-state index contributed by atoms with van der Waals surface area (Å²) in [5.74, 6) is -4.91. The third-order valence-electron chi connectivity index (χ3n) is 10.0. The molecule has 0 spiro atoms. The molecule has 0 radical (unpaired) electrons. The molecule has 0 aliphatic heterocycles. The zero-order valence-electron chi connectivity index (χ0n) is 35.7. The number of benzene rings is 2. The maximum Gasteiger partial charge on any atom is 0.471 e. The molecule has 0 bridgehead atoms. The maximum absolute atomic E-state index is 13.8. The quantitative estimate of drug-likeness (QED) is 0.0580. The van der Waals surface area contributed by atoms with E-state index in [0.29, 0.717) is 17.7 Å². The minimum atomic E-state index is -5.29. The van der Waals surface area contributed by atoms with Crippen molar-refractivity contribution in [2.45, 2.75) is 96.9 Å². The van der Waals surface area contributed by atoms with Crippen molar-refractivity contribution >= 4 is 52.5 Å². The predicted octanol–water partition coefficient (Wildman–Crippen LogP) is 5.04. The van der Waals surface area contributed by atoms with Crippen molar-refractivity contribution in [3.05, 3.63) is 88.0 Å². The van der Waals surface area contributed by atoms with Crippen LogP contribution in [-0.2, 0) is 41.7 Å². The molecular weight excluding hydrogens is 844 g/mol. The highest BCUT2D eigenvalue weighted by atomic mass is 19.4. The van der Waals surface area contributed by atoms with Crippen LogP contribution in [0.2, 0.25) is 0 Å². The lowest BCUT2D eigenvalue weighted by atomic mass is 9.94. The maximum atomic E-state index is 13.8. The fraction of sp³-hybridized carbons (Fsp3) is 0.465. The second kappa shape index (κ2) is 22.7. The molecule has 64 heavy (non-hydrogen) atoms. The van der Waals surface area contributed by atoms with Crippen molar-refractivity contribution in [2.75, 3.05) is 36.5 Å². The van der Waals surface area contributed by atoms with E-state index in [1.54, 1.807) is 20.8 Å². The number of aromatic amines is 1. The molecule has 5 amide bonds. The Labute approximate surface area is 366 Å². The highest BCUT2D eigenvalue weighted by Gasteiger charge is 2.43.